The third-order valence-corrected chi connectivity index (χ3v) is 4.60. The molecular formula is C19H17ClN4O2S. The van der Waals surface area contributed by atoms with E-state index in [0.29, 0.717) is 28.4 Å². The molecule has 0 amide bonds. The Balaban J connectivity index is 1.81. The van der Waals surface area contributed by atoms with Crippen LogP contribution in [-0.2, 0) is 6.61 Å². The molecule has 8 heteroatoms. The molecule has 0 saturated carbocycles. The molecule has 0 aliphatic carbocycles. The van der Waals surface area contributed by atoms with Crippen molar-refractivity contribution in [3.05, 3.63) is 59.4 Å². The summed E-state index contributed by atoms with van der Waals surface area (Å²) in [6.07, 6.45) is 0. The molecule has 3 rings (SSSR count). The Kier molecular flexibility index (Phi) is 6.58. The van der Waals surface area contributed by atoms with Crippen LogP contribution in [-0.4, -0.2) is 27.1 Å². The first-order chi connectivity index (χ1) is 13.2. The lowest BCUT2D eigenvalue weighted by molar-refractivity contribution is 0.291. The number of thioether (sulfide) groups is 1. The lowest BCUT2D eigenvalue weighted by atomic mass is 10.3. The molecule has 0 atom stereocenters. The van der Waals surface area contributed by atoms with Gasteiger partial charge in [-0.2, -0.15) is 5.26 Å². The fourth-order valence-electron chi connectivity index (χ4n) is 2.38. The second kappa shape index (κ2) is 9.31. The van der Waals surface area contributed by atoms with Crippen molar-refractivity contribution in [2.75, 3.05) is 12.4 Å². The van der Waals surface area contributed by atoms with Gasteiger partial charge in [-0.3, -0.25) is 4.57 Å². The summed E-state index contributed by atoms with van der Waals surface area (Å²) in [6, 6.07) is 16.9. The van der Waals surface area contributed by atoms with E-state index < -0.39 is 0 Å². The molecule has 0 fully saturated rings. The molecule has 6 nitrogen and oxygen atoms in total. The SMILES string of the molecule is CCOc1ccc(OCc2nnc(SCC#N)n2-c2ccc(Cl)cc2)cc1. The van der Waals surface area contributed by atoms with Crippen LogP contribution in [0, 0.1) is 11.3 Å². The molecule has 0 aliphatic heterocycles. The van der Waals surface area contributed by atoms with Crippen LogP contribution < -0.4 is 9.47 Å². The minimum atomic E-state index is 0.233. The monoisotopic (exact) mass is 400 g/mol. The molecule has 0 unspecified atom stereocenters. The maximum absolute atomic E-state index is 8.86. The van der Waals surface area contributed by atoms with Crippen molar-refractivity contribution >= 4 is 23.4 Å². The summed E-state index contributed by atoms with van der Waals surface area (Å²) in [7, 11) is 0. The van der Waals surface area contributed by atoms with Gasteiger partial charge in [0.1, 0.15) is 18.1 Å². The van der Waals surface area contributed by atoms with Crippen LogP contribution in [0.3, 0.4) is 0 Å². The van der Waals surface area contributed by atoms with E-state index in [0.717, 1.165) is 11.4 Å². The van der Waals surface area contributed by atoms with Gasteiger partial charge in [0.05, 0.1) is 18.4 Å². The lowest BCUT2D eigenvalue weighted by Gasteiger charge is -2.11. The van der Waals surface area contributed by atoms with Crippen LogP contribution in [0.4, 0.5) is 0 Å². The van der Waals surface area contributed by atoms with Gasteiger partial charge in [-0.1, -0.05) is 23.4 Å². The zero-order valence-corrected chi connectivity index (χ0v) is 16.2. The molecule has 0 aliphatic rings. The van der Waals surface area contributed by atoms with Gasteiger partial charge in [0.2, 0.25) is 0 Å². The number of nitriles is 1. The van der Waals surface area contributed by atoms with Gasteiger partial charge >= 0.3 is 0 Å². The minimum Gasteiger partial charge on any atom is -0.494 e. The number of benzene rings is 2. The summed E-state index contributed by atoms with van der Waals surface area (Å²) < 4.78 is 13.1. The molecule has 1 heterocycles. The predicted molar refractivity (Wildman–Crippen MR) is 105 cm³/mol. The van der Waals surface area contributed by atoms with Gasteiger partial charge in [0, 0.05) is 10.7 Å². The fraction of sp³-hybridized carbons (Fsp3) is 0.211. The number of hydrogen-bond donors (Lipinski definition) is 0. The molecule has 0 N–H and O–H groups in total. The first-order valence-corrected chi connectivity index (χ1v) is 9.63. The highest BCUT2D eigenvalue weighted by Crippen LogP contribution is 2.24. The minimum absolute atomic E-state index is 0.233. The second-order valence-corrected chi connectivity index (χ2v) is 6.73. The van der Waals surface area contributed by atoms with E-state index in [-0.39, 0.29) is 12.4 Å². The average Bonchev–Trinajstić information content (AvgIpc) is 3.09. The number of rotatable bonds is 8. The van der Waals surface area contributed by atoms with E-state index in [1.807, 2.05) is 47.9 Å². The van der Waals surface area contributed by atoms with E-state index in [9.17, 15) is 0 Å². The van der Waals surface area contributed by atoms with Crippen molar-refractivity contribution in [1.82, 2.24) is 14.8 Å². The Hall–Kier alpha value is -2.69. The van der Waals surface area contributed by atoms with Gasteiger partial charge in [0.15, 0.2) is 11.0 Å². The number of ether oxygens (including phenoxy) is 2. The Bertz CT molecular complexity index is 920. The van der Waals surface area contributed by atoms with E-state index in [1.165, 1.54) is 11.8 Å². The fourth-order valence-corrected chi connectivity index (χ4v) is 3.14. The molecule has 27 heavy (non-hydrogen) atoms. The first kappa shape index (κ1) is 19.1. The van der Waals surface area contributed by atoms with Crippen molar-refractivity contribution in [2.24, 2.45) is 0 Å². The molecule has 0 spiro atoms. The standard InChI is InChI=1S/C19H17ClN4O2S/c1-2-25-16-7-9-17(10-8-16)26-13-18-22-23-19(27-12-11-21)24(18)15-5-3-14(20)4-6-15/h3-10H,2,12-13H2,1H3. The van der Waals surface area contributed by atoms with Gasteiger partial charge < -0.3 is 9.47 Å². The summed E-state index contributed by atoms with van der Waals surface area (Å²) >= 11 is 7.31. The predicted octanol–water partition coefficient (Wildman–Crippen LogP) is 4.51. The average molecular weight is 401 g/mol. The topological polar surface area (TPSA) is 73.0 Å². The number of halogens is 1. The molecule has 2 aromatic carbocycles. The Morgan fingerprint density at radius 2 is 1.70 bits per heavy atom. The zero-order valence-electron chi connectivity index (χ0n) is 14.6. The highest BCUT2D eigenvalue weighted by molar-refractivity contribution is 7.99. The summed E-state index contributed by atoms with van der Waals surface area (Å²) in [5, 5.41) is 18.6. The van der Waals surface area contributed by atoms with Crippen molar-refractivity contribution in [3.8, 4) is 23.3 Å². The number of hydrogen-bond acceptors (Lipinski definition) is 6. The van der Waals surface area contributed by atoms with Crippen molar-refractivity contribution in [1.29, 1.82) is 5.26 Å². The number of aromatic nitrogens is 3. The maximum atomic E-state index is 8.86. The number of nitrogens with zero attached hydrogens (tertiary/aromatic N) is 4. The Morgan fingerprint density at radius 1 is 1.04 bits per heavy atom. The van der Waals surface area contributed by atoms with Crippen molar-refractivity contribution in [2.45, 2.75) is 18.7 Å². The third-order valence-electron chi connectivity index (χ3n) is 3.55. The van der Waals surface area contributed by atoms with E-state index in [2.05, 4.69) is 16.3 Å². The smallest absolute Gasteiger partial charge is 0.196 e. The summed E-state index contributed by atoms with van der Waals surface area (Å²) in [6.45, 7) is 2.79. The van der Waals surface area contributed by atoms with E-state index in [4.69, 9.17) is 26.3 Å². The molecule has 0 saturated heterocycles. The van der Waals surface area contributed by atoms with Crippen LogP contribution in [0.25, 0.3) is 5.69 Å². The van der Waals surface area contributed by atoms with Crippen molar-refractivity contribution in [3.63, 3.8) is 0 Å². The maximum Gasteiger partial charge on any atom is 0.196 e. The van der Waals surface area contributed by atoms with Crippen LogP contribution >= 0.6 is 23.4 Å². The highest BCUT2D eigenvalue weighted by Gasteiger charge is 2.15. The molecule has 0 bridgehead atoms. The first-order valence-electron chi connectivity index (χ1n) is 8.27. The zero-order chi connectivity index (χ0) is 19.1. The van der Waals surface area contributed by atoms with Gasteiger partial charge in [-0.25, -0.2) is 0 Å². The highest BCUT2D eigenvalue weighted by atomic mass is 35.5. The second-order valence-electron chi connectivity index (χ2n) is 5.35. The van der Waals surface area contributed by atoms with E-state index in [1.54, 1.807) is 12.1 Å². The van der Waals surface area contributed by atoms with Crippen LogP contribution in [0.2, 0.25) is 5.02 Å². The Morgan fingerprint density at radius 3 is 2.33 bits per heavy atom. The lowest BCUT2D eigenvalue weighted by Crippen LogP contribution is -2.06. The van der Waals surface area contributed by atoms with Crippen LogP contribution in [0.15, 0.2) is 53.7 Å². The van der Waals surface area contributed by atoms with Crippen molar-refractivity contribution < 1.29 is 9.47 Å². The molecule has 138 valence electrons. The van der Waals surface area contributed by atoms with Crippen LogP contribution in [0.5, 0.6) is 11.5 Å². The summed E-state index contributed by atoms with van der Waals surface area (Å²) in [5.74, 6) is 2.41. The van der Waals surface area contributed by atoms with E-state index >= 15 is 0 Å². The van der Waals surface area contributed by atoms with Crippen LogP contribution in [0.1, 0.15) is 12.7 Å². The molecule has 1 aromatic heterocycles. The normalized spacial score (nSPS) is 10.4. The quantitative estimate of drug-likeness (QED) is 0.518. The molecule has 0 radical (unpaired) electrons. The van der Waals surface area contributed by atoms with Gasteiger partial charge in [-0.05, 0) is 55.5 Å². The molecular weight excluding hydrogens is 384 g/mol. The van der Waals surface area contributed by atoms with Gasteiger partial charge in [0.25, 0.3) is 0 Å². The van der Waals surface area contributed by atoms with Gasteiger partial charge in [-0.15, -0.1) is 10.2 Å². The largest absolute Gasteiger partial charge is 0.494 e. The Labute approximate surface area is 166 Å². The summed E-state index contributed by atoms with van der Waals surface area (Å²) in [5.41, 5.74) is 0.857. The summed E-state index contributed by atoms with van der Waals surface area (Å²) in [4.78, 5) is 0. The third kappa shape index (κ3) is 4.94. The molecule has 3 aromatic rings.